The van der Waals surface area contributed by atoms with E-state index in [1.165, 1.54) is 4.68 Å². The molecule has 2 rings (SSSR count). The molecule has 0 amide bonds. The predicted octanol–water partition coefficient (Wildman–Crippen LogP) is 1.04. The summed E-state index contributed by atoms with van der Waals surface area (Å²) in [5.74, 6) is 5.28. The second kappa shape index (κ2) is 7.89. The highest BCUT2D eigenvalue weighted by molar-refractivity contribution is 9.10. The number of nitrogens with two attached hydrogens (primary N) is 1. The minimum Gasteiger partial charge on any atom is -0.868 e. The summed E-state index contributed by atoms with van der Waals surface area (Å²) in [7, 11) is 1.58. The van der Waals surface area contributed by atoms with E-state index in [9.17, 15) is 25.3 Å². The molecule has 0 spiro atoms. The van der Waals surface area contributed by atoms with Gasteiger partial charge in [0, 0.05) is 6.07 Å². The molecule has 0 aliphatic carbocycles. The van der Waals surface area contributed by atoms with Crippen LogP contribution < -0.4 is 20.4 Å². The minimum atomic E-state index is -0.949. The summed E-state index contributed by atoms with van der Waals surface area (Å²) >= 11 is 3.27. The molecule has 0 saturated heterocycles. The number of hydrogen-bond acceptors (Lipinski definition) is 7. The Morgan fingerprint density at radius 1 is 1.17 bits per heavy atom. The molecule has 11 heteroatoms. The smallest absolute Gasteiger partial charge is 0.396 e. The number of hydrogen-bond donors (Lipinski definition) is 1. The van der Waals surface area contributed by atoms with Crippen LogP contribution >= 0.6 is 15.9 Å². The number of methoxy groups -OCH3 is 1. The summed E-state index contributed by atoms with van der Waals surface area (Å²) in [6.45, 7) is 0. The van der Waals surface area contributed by atoms with E-state index < -0.39 is 27.0 Å². The average Bonchev–Trinajstić information content (AvgIpc) is 2.48. The first-order valence-electron chi connectivity index (χ1n) is 5.86. The van der Waals surface area contributed by atoms with Gasteiger partial charge in [0.1, 0.15) is 0 Å². The van der Waals surface area contributed by atoms with E-state index >= 15 is 0 Å². The Labute approximate surface area is 138 Å². The molecule has 0 radical (unpaired) electrons. The molecule has 0 atom stereocenters. The lowest BCUT2D eigenvalue weighted by atomic mass is 10.2. The highest BCUT2D eigenvalue weighted by Crippen LogP contribution is 2.27. The molecule has 1 aromatic heterocycles. The molecule has 122 valence electrons. The number of pyridine rings is 1. The Balaban J connectivity index is 0.000000238. The van der Waals surface area contributed by atoms with Gasteiger partial charge in [-0.2, -0.15) is 0 Å². The molecule has 1 aromatic carbocycles. The summed E-state index contributed by atoms with van der Waals surface area (Å²) in [6, 6.07) is 6.01. The van der Waals surface area contributed by atoms with Gasteiger partial charge < -0.3 is 9.84 Å². The van der Waals surface area contributed by atoms with Crippen LogP contribution in [0, 0.1) is 20.2 Å². The number of nitro benzene ring substituents is 2. The predicted molar refractivity (Wildman–Crippen MR) is 80.2 cm³/mol. The van der Waals surface area contributed by atoms with Crippen molar-refractivity contribution in [1.29, 1.82) is 0 Å². The van der Waals surface area contributed by atoms with Crippen LogP contribution in [0.1, 0.15) is 0 Å². The van der Waals surface area contributed by atoms with Crippen LogP contribution in [0.25, 0.3) is 0 Å². The zero-order chi connectivity index (χ0) is 17.6. The molecule has 23 heavy (non-hydrogen) atoms. The zero-order valence-corrected chi connectivity index (χ0v) is 13.3. The lowest BCUT2D eigenvalue weighted by Gasteiger charge is -2.03. The molecule has 10 nitrogen and oxygen atoms in total. The normalized spacial score (nSPS) is 9.48. The van der Waals surface area contributed by atoms with E-state index in [0.29, 0.717) is 11.9 Å². The molecule has 1 heterocycles. The molecule has 2 N–H and O–H groups in total. The molecule has 0 unspecified atom stereocenters. The lowest BCUT2D eigenvalue weighted by Crippen LogP contribution is -2.45. The second-order valence-corrected chi connectivity index (χ2v) is 4.88. The lowest BCUT2D eigenvalue weighted by molar-refractivity contribution is -0.645. The fourth-order valence-electron chi connectivity index (χ4n) is 1.41. The Morgan fingerprint density at radius 3 is 2.30 bits per heavy atom. The topological polar surface area (TPSA) is 148 Å². The van der Waals surface area contributed by atoms with E-state index in [-0.39, 0.29) is 0 Å². The number of nitrogen functional groups attached to an aromatic ring is 1. The van der Waals surface area contributed by atoms with Crippen molar-refractivity contribution >= 4 is 27.3 Å². The quantitative estimate of drug-likeness (QED) is 0.358. The van der Waals surface area contributed by atoms with Gasteiger partial charge in [-0.3, -0.25) is 20.2 Å². The van der Waals surface area contributed by atoms with Crippen molar-refractivity contribution in [3.05, 3.63) is 61.2 Å². The van der Waals surface area contributed by atoms with E-state index in [1.54, 1.807) is 19.4 Å². The summed E-state index contributed by atoms with van der Waals surface area (Å²) in [5, 5.41) is 31.1. The summed E-state index contributed by atoms with van der Waals surface area (Å²) in [6.07, 6.45) is 1.72. The number of ether oxygens (including phenoxy) is 1. The summed E-state index contributed by atoms with van der Waals surface area (Å²) in [5.41, 5.74) is -1.25. The fraction of sp³-hybridized carbons (Fsp3) is 0.0833. The molecular weight excluding hydrogens is 376 g/mol. The Hall–Kier alpha value is -2.95. The van der Waals surface area contributed by atoms with Crippen LogP contribution in [-0.4, -0.2) is 17.0 Å². The van der Waals surface area contributed by atoms with Crippen molar-refractivity contribution in [2.24, 2.45) is 0 Å². The van der Waals surface area contributed by atoms with Crippen LogP contribution in [0.2, 0.25) is 0 Å². The third-order valence-electron chi connectivity index (χ3n) is 2.46. The maximum Gasteiger partial charge on any atom is 0.396 e. The highest BCUT2D eigenvalue weighted by Gasteiger charge is 2.13. The first kappa shape index (κ1) is 18.1. The van der Waals surface area contributed by atoms with E-state index in [0.717, 1.165) is 16.6 Å². The Bertz CT molecular complexity index is 739. The van der Waals surface area contributed by atoms with Gasteiger partial charge in [0.2, 0.25) is 6.20 Å². The van der Waals surface area contributed by atoms with E-state index in [2.05, 4.69) is 15.9 Å². The second-order valence-electron chi connectivity index (χ2n) is 3.96. The first-order valence-corrected chi connectivity index (χ1v) is 6.65. The minimum absolute atomic E-state index is 0.466. The molecule has 0 aliphatic heterocycles. The van der Waals surface area contributed by atoms with E-state index in [4.69, 9.17) is 10.6 Å². The number of halogens is 1. The standard InChI is InChI=1S/C6H8BrN2O.C6H4N2O5/c1-10-6-3-2-5(7)4-9(6)8;9-6-2-1-4(7(10)11)3-5(6)8(12)13/h2-4H,8H2,1H3;1-3,9H/q+1;/p-1. The monoisotopic (exact) mass is 386 g/mol. The van der Waals surface area contributed by atoms with Gasteiger partial charge in [-0.05, 0) is 27.7 Å². The maximum absolute atomic E-state index is 10.8. The largest absolute Gasteiger partial charge is 0.868 e. The number of benzene rings is 1. The van der Waals surface area contributed by atoms with Crippen LogP contribution in [-0.2, 0) is 0 Å². The average molecular weight is 387 g/mol. The van der Waals surface area contributed by atoms with Crippen molar-refractivity contribution in [3.63, 3.8) is 0 Å². The van der Waals surface area contributed by atoms with Crippen molar-refractivity contribution in [1.82, 2.24) is 0 Å². The number of rotatable bonds is 3. The third-order valence-corrected chi connectivity index (χ3v) is 2.93. The SMILES string of the molecule is COc1ccc(Br)c[n+]1N.O=[N+]([O-])c1ccc([O-])c([N+](=O)[O-])c1. The van der Waals surface area contributed by atoms with Gasteiger partial charge in [-0.15, -0.1) is 0 Å². The van der Waals surface area contributed by atoms with Crippen molar-refractivity contribution in [2.75, 3.05) is 13.0 Å². The van der Waals surface area contributed by atoms with Gasteiger partial charge in [0.25, 0.3) is 11.4 Å². The molecule has 0 saturated carbocycles. The number of aromatic nitrogens is 1. The molecule has 0 aliphatic rings. The van der Waals surface area contributed by atoms with Crippen molar-refractivity contribution < 1.29 is 24.4 Å². The van der Waals surface area contributed by atoms with Crippen LogP contribution in [0.3, 0.4) is 0 Å². The summed E-state index contributed by atoms with van der Waals surface area (Å²) in [4.78, 5) is 18.6. The summed E-state index contributed by atoms with van der Waals surface area (Å²) < 4.78 is 7.25. The number of nitrogens with zero attached hydrogens (tertiary/aromatic N) is 3. The third kappa shape index (κ3) is 5.07. The number of non-ortho nitro benzene ring substituents is 1. The Morgan fingerprint density at radius 2 is 1.83 bits per heavy atom. The van der Waals surface area contributed by atoms with Gasteiger partial charge in [0.15, 0.2) is 0 Å². The first-order chi connectivity index (χ1) is 10.8. The molecular formula is C12H11BrN4O6. The van der Waals surface area contributed by atoms with Crippen LogP contribution in [0.5, 0.6) is 11.6 Å². The van der Waals surface area contributed by atoms with Crippen molar-refractivity contribution in [3.8, 4) is 11.6 Å². The highest BCUT2D eigenvalue weighted by atomic mass is 79.9. The van der Waals surface area contributed by atoms with Crippen LogP contribution in [0.15, 0.2) is 41.0 Å². The number of nitro groups is 2. The van der Waals surface area contributed by atoms with Gasteiger partial charge in [-0.1, -0.05) is 10.7 Å². The molecule has 0 fully saturated rings. The zero-order valence-electron chi connectivity index (χ0n) is 11.7. The van der Waals surface area contributed by atoms with Crippen molar-refractivity contribution in [2.45, 2.75) is 0 Å². The van der Waals surface area contributed by atoms with Crippen LogP contribution in [0.4, 0.5) is 11.4 Å². The van der Waals surface area contributed by atoms with E-state index in [1.807, 2.05) is 6.07 Å². The Kier molecular flexibility index (Phi) is 6.21. The molecule has 2 aromatic rings. The molecule has 0 bridgehead atoms. The van der Waals surface area contributed by atoms with Gasteiger partial charge in [-0.25, -0.2) is 5.84 Å². The maximum atomic E-state index is 10.8. The van der Waals surface area contributed by atoms with Gasteiger partial charge in [0.05, 0.1) is 33.6 Å². The fourth-order valence-corrected chi connectivity index (χ4v) is 1.76. The van der Waals surface area contributed by atoms with Gasteiger partial charge >= 0.3 is 5.88 Å².